The summed E-state index contributed by atoms with van der Waals surface area (Å²) in [7, 11) is 3.19. The Balaban J connectivity index is 1.65. The van der Waals surface area contributed by atoms with E-state index < -0.39 is 12.0 Å². The summed E-state index contributed by atoms with van der Waals surface area (Å²) in [4.78, 5) is 26.8. The van der Waals surface area contributed by atoms with Crippen LogP contribution >= 0.6 is 0 Å². The van der Waals surface area contributed by atoms with E-state index in [-0.39, 0.29) is 29.5 Å². The Kier molecular flexibility index (Phi) is 5.69. The fourth-order valence-corrected chi connectivity index (χ4v) is 5.04. The number of methoxy groups -OCH3 is 2. The van der Waals surface area contributed by atoms with Crippen molar-refractivity contribution in [2.45, 2.75) is 18.1 Å². The maximum atomic E-state index is 13.7. The van der Waals surface area contributed by atoms with Crippen LogP contribution in [0.4, 0.5) is 5.69 Å². The van der Waals surface area contributed by atoms with Gasteiger partial charge in [-0.1, -0.05) is 30.3 Å². The molecule has 4 unspecified atom stereocenters. The molecule has 0 saturated carbocycles. The molecule has 2 aliphatic heterocycles. The molecule has 3 N–H and O–H groups in total. The second-order valence-corrected chi connectivity index (χ2v) is 8.35. The van der Waals surface area contributed by atoms with E-state index in [4.69, 9.17) is 9.47 Å². The molecule has 2 fully saturated rings. The van der Waals surface area contributed by atoms with Crippen molar-refractivity contribution in [2.24, 2.45) is 5.92 Å². The number of ether oxygens (including phenoxy) is 2. The van der Waals surface area contributed by atoms with Crippen LogP contribution in [0, 0.1) is 5.92 Å². The molecule has 4 atom stereocenters. The number of carbonyl (C=O) groups excluding carboxylic acids is 1. The van der Waals surface area contributed by atoms with E-state index in [9.17, 15) is 14.7 Å². The molecule has 0 spiro atoms. The number of nitrogens with one attached hydrogen (secondary N) is 2. The van der Waals surface area contributed by atoms with Gasteiger partial charge in [-0.25, -0.2) is 15.6 Å². The summed E-state index contributed by atoms with van der Waals surface area (Å²) in [5.74, 6) is 0.00237. The molecular formula is C26H25N3O5. The summed E-state index contributed by atoms with van der Waals surface area (Å²) >= 11 is 0. The van der Waals surface area contributed by atoms with E-state index in [2.05, 4.69) is 10.9 Å². The van der Waals surface area contributed by atoms with E-state index in [1.54, 1.807) is 31.3 Å². The normalized spacial score (nSPS) is 23.6. The maximum absolute atomic E-state index is 13.7. The van der Waals surface area contributed by atoms with Crippen LogP contribution in [0.15, 0.2) is 72.8 Å². The number of carboxylic acid groups (broad SMARTS) is 1. The molecule has 0 aliphatic carbocycles. The van der Waals surface area contributed by atoms with Gasteiger partial charge in [0.2, 0.25) is 5.91 Å². The van der Waals surface area contributed by atoms with Crippen molar-refractivity contribution < 1.29 is 24.2 Å². The van der Waals surface area contributed by atoms with Crippen molar-refractivity contribution in [2.75, 3.05) is 19.1 Å². The monoisotopic (exact) mass is 459 g/mol. The molecule has 0 bridgehead atoms. The standard InChI is InChI=1S/C26H25N3O5/c1-33-18-12-13-19(20(14-18)34-2)24-21-22(15-6-4-3-5-7-15)27-28-23(21)25(30)29(24)17-10-8-16(9-11-17)26(31)32/h3-14,21-24,27-28H,1-2H3,(H,31,32). The minimum absolute atomic E-state index is 0.0955. The van der Waals surface area contributed by atoms with Gasteiger partial charge in [-0.05, 0) is 42.0 Å². The summed E-state index contributed by atoms with van der Waals surface area (Å²) in [6.45, 7) is 0. The number of carboxylic acids is 1. The fraction of sp³-hybridized carbons (Fsp3) is 0.231. The van der Waals surface area contributed by atoms with E-state index in [1.165, 1.54) is 12.1 Å². The Morgan fingerprint density at radius 1 is 0.912 bits per heavy atom. The van der Waals surface area contributed by atoms with Gasteiger partial charge in [-0.3, -0.25) is 4.79 Å². The smallest absolute Gasteiger partial charge is 0.335 e. The van der Waals surface area contributed by atoms with Gasteiger partial charge in [0.25, 0.3) is 0 Å². The van der Waals surface area contributed by atoms with Gasteiger partial charge in [-0.2, -0.15) is 0 Å². The first-order valence-electron chi connectivity index (χ1n) is 11.0. The Morgan fingerprint density at radius 3 is 2.26 bits per heavy atom. The van der Waals surface area contributed by atoms with E-state index in [0.717, 1.165) is 11.1 Å². The van der Waals surface area contributed by atoms with Gasteiger partial charge in [-0.15, -0.1) is 0 Å². The third kappa shape index (κ3) is 3.57. The van der Waals surface area contributed by atoms with Crippen LogP contribution < -0.4 is 25.2 Å². The number of aromatic carboxylic acids is 1. The average Bonchev–Trinajstić information content (AvgIpc) is 3.43. The van der Waals surface area contributed by atoms with Gasteiger partial charge in [0.1, 0.15) is 17.5 Å². The van der Waals surface area contributed by atoms with Crippen LogP contribution in [-0.4, -0.2) is 37.2 Å². The molecule has 8 heteroatoms. The first kappa shape index (κ1) is 21.9. The second-order valence-electron chi connectivity index (χ2n) is 8.35. The van der Waals surface area contributed by atoms with E-state index in [0.29, 0.717) is 17.2 Å². The summed E-state index contributed by atoms with van der Waals surface area (Å²) in [6, 6.07) is 21.0. The van der Waals surface area contributed by atoms with Gasteiger partial charge in [0.05, 0.1) is 31.9 Å². The zero-order chi connectivity index (χ0) is 23.8. The van der Waals surface area contributed by atoms with Gasteiger partial charge < -0.3 is 19.5 Å². The fourth-order valence-electron chi connectivity index (χ4n) is 5.04. The van der Waals surface area contributed by atoms with Crippen molar-refractivity contribution >= 4 is 17.6 Å². The van der Waals surface area contributed by atoms with Crippen LogP contribution in [0.5, 0.6) is 11.5 Å². The maximum Gasteiger partial charge on any atom is 0.335 e. The van der Waals surface area contributed by atoms with Crippen molar-refractivity contribution in [1.29, 1.82) is 0 Å². The SMILES string of the molecule is COc1ccc(C2C3C(NNC3c3ccccc3)C(=O)N2c2ccc(C(=O)O)cc2)c(OC)c1. The molecule has 3 aromatic carbocycles. The van der Waals surface area contributed by atoms with Crippen LogP contribution in [0.3, 0.4) is 0 Å². The number of benzene rings is 3. The lowest BCUT2D eigenvalue weighted by Gasteiger charge is -2.32. The second kappa shape index (κ2) is 8.81. The summed E-state index contributed by atoms with van der Waals surface area (Å²) < 4.78 is 11.1. The van der Waals surface area contributed by atoms with Crippen molar-refractivity contribution in [1.82, 2.24) is 10.9 Å². The largest absolute Gasteiger partial charge is 0.497 e. The quantitative estimate of drug-likeness (QED) is 0.520. The van der Waals surface area contributed by atoms with Gasteiger partial charge >= 0.3 is 5.97 Å². The molecule has 8 nitrogen and oxygen atoms in total. The van der Waals surface area contributed by atoms with Crippen molar-refractivity contribution in [3.8, 4) is 11.5 Å². The first-order valence-corrected chi connectivity index (χ1v) is 11.0. The molecule has 0 aromatic heterocycles. The topological polar surface area (TPSA) is 100 Å². The average molecular weight is 460 g/mol. The molecule has 34 heavy (non-hydrogen) atoms. The minimum atomic E-state index is -1.01. The number of hydrazine groups is 1. The number of amides is 1. The predicted octanol–water partition coefficient (Wildman–Crippen LogP) is 3.32. The molecule has 2 aliphatic rings. The zero-order valence-corrected chi connectivity index (χ0v) is 18.8. The molecule has 2 saturated heterocycles. The lowest BCUT2D eigenvalue weighted by Crippen LogP contribution is -2.41. The highest BCUT2D eigenvalue weighted by Crippen LogP contribution is 2.51. The minimum Gasteiger partial charge on any atom is -0.497 e. The van der Waals surface area contributed by atoms with Crippen LogP contribution in [0.2, 0.25) is 0 Å². The molecule has 2 heterocycles. The highest BCUT2D eigenvalue weighted by Gasteiger charge is 2.56. The van der Waals surface area contributed by atoms with Crippen LogP contribution in [0.25, 0.3) is 0 Å². The number of hydrogen-bond donors (Lipinski definition) is 3. The van der Waals surface area contributed by atoms with Gasteiger partial charge in [0, 0.05) is 23.2 Å². The Morgan fingerprint density at radius 2 is 1.62 bits per heavy atom. The highest BCUT2D eigenvalue weighted by atomic mass is 16.5. The number of nitrogens with zero attached hydrogens (tertiary/aromatic N) is 1. The summed E-state index contributed by atoms with van der Waals surface area (Å²) in [5.41, 5.74) is 9.23. The van der Waals surface area contributed by atoms with Crippen LogP contribution in [-0.2, 0) is 4.79 Å². The number of carbonyl (C=O) groups is 2. The molecule has 5 rings (SSSR count). The van der Waals surface area contributed by atoms with Crippen molar-refractivity contribution in [3.05, 3.63) is 89.5 Å². The Hall–Kier alpha value is -3.88. The highest BCUT2D eigenvalue weighted by molar-refractivity contribution is 6.02. The summed E-state index contributed by atoms with van der Waals surface area (Å²) in [6.07, 6.45) is 0. The van der Waals surface area contributed by atoms with Crippen LogP contribution in [0.1, 0.15) is 33.6 Å². The molecule has 1 amide bonds. The zero-order valence-electron chi connectivity index (χ0n) is 18.8. The third-order valence-corrected chi connectivity index (χ3v) is 6.62. The molecule has 3 aromatic rings. The number of hydrogen-bond acceptors (Lipinski definition) is 6. The lowest BCUT2D eigenvalue weighted by atomic mass is 9.83. The number of anilines is 1. The first-order chi connectivity index (χ1) is 16.5. The van der Waals surface area contributed by atoms with E-state index >= 15 is 0 Å². The Bertz CT molecular complexity index is 1210. The van der Waals surface area contributed by atoms with Crippen molar-refractivity contribution in [3.63, 3.8) is 0 Å². The van der Waals surface area contributed by atoms with Gasteiger partial charge in [0.15, 0.2) is 0 Å². The number of rotatable bonds is 6. The molecular weight excluding hydrogens is 434 g/mol. The Labute approximate surface area is 197 Å². The molecule has 174 valence electrons. The molecule has 0 radical (unpaired) electrons. The lowest BCUT2D eigenvalue weighted by molar-refractivity contribution is -0.119. The number of fused-ring (bicyclic) bond motifs is 1. The predicted molar refractivity (Wildman–Crippen MR) is 126 cm³/mol. The third-order valence-electron chi connectivity index (χ3n) is 6.62. The van der Waals surface area contributed by atoms with E-state index in [1.807, 2.05) is 48.5 Å². The summed E-state index contributed by atoms with van der Waals surface area (Å²) in [5, 5.41) is 9.31.